The van der Waals surface area contributed by atoms with Crippen molar-refractivity contribution in [2.45, 2.75) is 16.1 Å². The Morgan fingerprint density at radius 3 is 2.00 bits per heavy atom. The summed E-state index contributed by atoms with van der Waals surface area (Å²) in [7, 11) is 4.22. The number of benzene rings is 1. The number of methoxy groups -OCH3 is 1. The van der Waals surface area contributed by atoms with Crippen LogP contribution in [-0.4, -0.2) is 38.4 Å². The number of halogens is 4. The van der Waals surface area contributed by atoms with Crippen LogP contribution in [0.3, 0.4) is 0 Å². The highest BCUT2D eigenvalue weighted by Crippen LogP contribution is 2.47. The molecule has 0 fully saturated rings. The van der Waals surface area contributed by atoms with E-state index >= 15 is 0 Å². The number of rotatable bonds is 4. The first-order valence-corrected chi connectivity index (χ1v) is 6.24. The lowest BCUT2D eigenvalue weighted by Gasteiger charge is -2.24. The third kappa shape index (κ3) is 3.36. The van der Waals surface area contributed by atoms with Crippen LogP contribution in [-0.2, 0) is 9.53 Å². The van der Waals surface area contributed by atoms with E-state index in [0.717, 1.165) is 5.69 Å². The summed E-state index contributed by atoms with van der Waals surface area (Å²) in [5.74, 6) is -1.98. The molecule has 1 unspecified atom stereocenters. The van der Waals surface area contributed by atoms with Crippen molar-refractivity contribution in [2.24, 2.45) is 0 Å². The summed E-state index contributed by atoms with van der Waals surface area (Å²) in [5, 5.41) is -4.12. The van der Waals surface area contributed by atoms with Crippen molar-refractivity contribution in [1.29, 1.82) is 0 Å². The third-order valence-electron chi connectivity index (χ3n) is 2.42. The van der Waals surface area contributed by atoms with Crippen LogP contribution in [0.5, 0.6) is 0 Å². The Hall–Kier alpha value is -1.44. The number of esters is 1. The topological polar surface area (TPSA) is 29.5 Å². The molecule has 0 amide bonds. The first-order chi connectivity index (χ1) is 9.11. The number of nitrogens with zero attached hydrogens (tertiary/aromatic N) is 1. The van der Waals surface area contributed by atoms with Crippen molar-refractivity contribution in [3.05, 3.63) is 24.3 Å². The first-order valence-electron chi connectivity index (χ1n) is 5.42. The first kappa shape index (κ1) is 16.6. The van der Waals surface area contributed by atoms with Crippen molar-refractivity contribution >= 4 is 23.4 Å². The Bertz CT molecular complexity index is 475. The summed E-state index contributed by atoms with van der Waals surface area (Å²) in [6, 6.07) is 5.67. The minimum atomic E-state index is -5.37. The third-order valence-corrected chi connectivity index (χ3v) is 3.61. The van der Waals surface area contributed by atoms with Gasteiger partial charge < -0.3 is 9.64 Å². The van der Waals surface area contributed by atoms with Gasteiger partial charge in [-0.15, -0.1) is 0 Å². The van der Waals surface area contributed by atoms with Gasteiger partial charge in [0.1, 0.15) is 0 Å². The van der Waals surface area contributed by atoms with E-state index in [2.05, 4.69) is 4.74 Å². The number of ether oxygens (including phenoxy) is 1. The lowest BCUT2D eigenvalue weighted by atomic mass is 10.3. The van der Waals surface area contributed by atoms with E-state index in [1.807, 2.05) is 0 Å². The Morgan fingerprint density at radius 2 is 1.65 bits per heavy atom. The van der Waals surface area contributed by atoms with Crippen molar-refractivity contribution < 1.29 is 27.1 Å². The summed E-state index contributed by atoms with van der Waals surface area (Å²) >= 11 is -0.234. The maximum atomic E-state index is 14.0. The van der Waals surface area contributed by atoms with Gasteiger partial charge in [-0.25, -0.2) is 9.18 Å². The highest BCUT2D eigenvalue weighted by atomic mass is 32.2. The molecule has 1 aromatic carbocycles. The number of carbonyl (C=O) groups excluding carboxylic acids is 1. The van der Waals surface area contributed by atoms with E-state index in [1.165, 1.54) is 24.3 Å². The lowest BCUT2D eigenvalue weighted by Crippen LogP contribution is -2.45. The van der Waals surface area contributed by atoms with Gasteiger partial charge in [-0.2, -0.15) is 13.2 Å². The number of hydrogen-bond acceptors (Lipinski definition) is 4. The average Bonchev–Trinajstić information content (AvgIpc) is 2.36. The molecular formula is C12H13F4NO2S. The number of hydrogen-bond donors (Lipinski definition) is 0. The van der Waals surface area contributed by atoms with Crippen LogP contribution in [0.2, 0.25) is 0 Å². The SMILES string of the molecule is COC(=O)C(F)(Sc1ccc(N(C)C)cc1)C(F)(F)F. The van der Waals surface area contributed by atoms with Crippen LogP contribution in [0, 0.1) is 0 Å². The zero-order valence-electron chi connectivity index (χ0n) is 11.0. The van der Waals surface area contributed by atoms with Gasteiger partial charge in [0.05, 0.1) is 7.11 Å². The number of carbonyl (C=O) groups is 1. The molecule has 0 heterocycles. The van der Waals surface area contributed by atoms with Gasteiger partial charge in [0.25, 0.3) is 0 Å². The van der Waals surface area contributed by atoms with Crippen LogP contribution >= 0.6 is 11.8 Å². The summed E-state index contributed by atoms with van der Waals surface area (Å²) in [6.45, 7) is 0. The standard InChI is InChI=1S/C12H13F4NO2S/c1-17(2)8-4-6-9(7-5-8)20-11(13,10(18)19-3)12(14,15)16/h4-7H,1-3H3. The fraction of sp³-hybridized carbons (Fsp3) is 0.417. The molecule has 0 spiro atoms. The molecule has 20 heavy (non-hydrogen) atoms. The van der Waals surface area contributed by atoms with Gasteiger partial charge in [0, 0.05) is 24.7 Å². The van der Waals surface area contributed by atoms with Crippen molar-refractivity contribution in [3.8, 4) is 0 Å². The van der Waals surface area contributed by atoms with E-state index in [9.17, 15) is 22.4 Å². The Kier molecular flexibility index (Phi) is 4.90. The molecule has 8 heteroatoms. The minimum Gasteiger partial charge on any atom is -0.466 e. The van der Waals surface area contributed by atoms with Crippen LogP contribution in [0.1, 0.15) is 0 Å². The van der Waals surface area contributed by atoms with Crippen LogP contribution < -0.4 is 4.90 Å². The van der Waals surface area contributed by atoms with Gasteiger partial charge in [-0.1, -0.05) is 11.8 Å². The van der Waals surface area contributed by atoms with Crippen LogP contribution in [0.15, 0.2) is 29.2 Å². The fourth-order valence-corrected chi connectivity index (χ4v) is 2.20. The zero-order chi connectivity index (χ0) is 15.6. The molecule has 112 valence electrons. The number of thioether (sulfide) groups is 1. The molecule has 0 aliphatic heterocycles. The second-order valence-electron chi connectivity index (χ2n) is 4.07. The fourth-order valence-electron chi connectivity index (χ4n) is 1.32. The minimum absolute atomic E-state index is 0.0270. The summed E-state index contributed by atoms with van der Waals surface area (Å²) in [4.78, 5) is 12.8. The quantitative estimate of drug-likeness (QED) is 0.485. The molecule has 1 rings (SSSR count). The molecule has 1 aromatic rings. The highest BCUT2D eigenvalue weighted by Gasteiger charge is 2.64. The second-order valence-corrected chi connectivity index (χ2v) is 5.31. The Morgan fingerprint density at radius 1 is 1.15 bits per heavy atom. The van der Waals surface area contributed by atoms with Crippen LogP contribution in [0.25, 0.3) is 0 Å². The molecule has 0 aromatic heterocycles. The predicted octanol–water partition coefficient (Wildman–Crippen LogP) is 3.25. The van der Waals surface area contributed by atoms with Crippen molar-refractivity contribution in [2.75, 3.05) is 26.1 Å². The van der Waals surface area contributed by atoms with E-state index in [1.54, 1.807) is 19.0 Å². The maximum Gasteiger partial charge on any atom is 0.443 e. The van der Waals surface area contributed by atoms with Crippen molar-refractivity contribution in [1.82, 2.24) is 0 Å². The predicted molar refractivity (Wildman–Crippen MR) is 68.5 cm³/mol. The molecule has 0 aliphatic carbocycles. The molecular weight excluding hydrogens is 298 g/mol. The van der Waals surface area contributed by atoms with Crippen molar-refractivity contribution in [3.63, 3.8) is 0 Å². The molecule has 0 radical (unpaired) electrons. The second kappa shape index (κ2) is 5.90. The monoisotopic (exact) mass is 311 g/mol. The molecule has 0 aliphatic rings. The van der Waals surface area contributed by atoms with E-state index in [-0.39, 0.29) is 16.7 Å². The van der Waals surface area contributed by atoms with E-state index in [4.69, 9.17) is 0 Å². The normalized spacial score (nSPS) is 14.6. The maximum absolute atomic E-state index is 14.0. The van der Waals surface area contributed by atoms with Gasteiger partial charge in [-0.05, 0) is 24.3 Å². The zero-order valence-corrected chi connectivity index (χ0v) is 11.8. The van der Waals surface area contributed by atoms with Gasteiger partial charge in [0.15, 0.2) is 0 Å². The smallest absolute Gasteiger partial charge is 0.443 e. The van der Waals surface area contributed by atoms with Gasteiger partial charge in [-0.3, -0.25) is 0 Å². The summed E-state index contributed by atoms with van der Waals surface area (Å²) in [6.07, 6.45) is -5.37. The van der Waals surface area contributed by atoms with Crippen LogP contribution in [0.4, 0.5) is 23.2 Å². The highest BCUT2D eigenvalue weighted by molar-refractivity contribution is 8.01. The Balaban J connectivity index is 3.05. The average molecular weight is 311 g/mol. The molecule has 0 saturated carbocycles. The largest absolute Gasteiger partial charge is 0.466 e. The van der Waals surface area contributed by atoms with E-state index in [0.29, 0.717) is 7.11 Å². The lowest BCUT2D eigenvalue weighted by molar-refractivity contribution is -0.209. The number of alkyl halides is 4. The molecule has 0 bridgehead atoms. The van der Waals surface area contributed by atoms with Gasteiger partial charge in [0.2, 0.25) is 0 Å². The molecule has 3 nitrogen and oxygen atoms in total. The molecule has 0 N–H and O–H groups in total. The summed E-state index contributed by atoms with van der Waals surface area (Å²) in [5.41, 5.74) is 0.740. The van der Waals surface area contributed by atoms with Gasteiger partial charge >= 0.3 is 17.1 Å². The van der Waals surface area contributed by atoms with E-state index < -0.39 is 17.1 Å². The summed E-state index contributed by atoms with van der Waals surface area (Å²) < 4.78 is 56.1. The molecule has 1 atom stereocenters. The number of anilines is 1. The molecule has 0 saturated heterocycles. The Labute approximate surface area is 117 Å².